The van der Waals surface area contributed by atoms with Crippen LogP contribution in [0.15, 0.2) is 73.1 Å². The molecule has 0 aliphatic heterocycles. The van der Waals surface area contributed by atoms with E-state index in [1.165, 1.54) is 12.1 Å². The molecule has 6 aromatic rings. The molecule has 171 valence electrons. The van der Waals surface area contributed by atoms with Gasteiger partial charge in [-0.1, -0.05) is 12.1 Å². The average molecular weight is 465 g/mol. The highest BCUT2D eigenvalue weighted by atomic mass is 19.1. The number of aromatic amines is 1. The molecule has 8 nitrogen and oxygen atoms in total. The van der Waals surface area contributed by atoms with Crippen LogP contribution in [0.5, 0.6) is 11.5 Å². The van der Waals surface area contributed by atoms with Crippen LogP contribution in [0.4, 0.5) is 4.39 Å². The molecular weight excluding hydrogens is 447 g/mol. The van der Waals surface area contributed by atoms with Gasteiger partial charge in [-0.3, -0.25) is 9.67 Å². The lowest BCUT2D eigenvalue weighted by molar-refractivity contribution is 0.284. The minimum atomic E-state index is -0.305. The Morgan fingerprint density at radius 2 is 1.97 bits per heavy atom. The van der Waals surface area contributed by atoms with Crippen molar-refractivity contribution in [2.45, 2.75) is 6.61 Å². The van der Waals surface area contributed by atoms with Gasteiger partial charge in [0, 0.05) is 10.9 Å². The normalized spacial score (nSPS) is 11.3. The summed E-state index contributed by atoms with van der Waals surface area (Å²) in [7, 11) is 1.57. The second-order valence-corrected chi connectivity index (χ2v) is 7.88. The molecule has 3 heterocycles. The van der Waals surface area contributed by atoms with E-state index in [1.807, 2.05) is 41.0 Å². The van der Waals surface area contributed by atoms with Crippen LogP contribution < -0.4 is 9.47 Å². The Bertz CT molecular complexity index is 1680. The number of rotatable bonds is 6. The smallest absolute Gasteiger partial charge is 0.199 e. The topological polar surface area (TPSA) is 90.7 Å². The first-order valence-electron chi connectivity index (χ1n) is 10.8. The van der Waals surface area contributed by atoms with E-state index < -0.39 is 0 Å². The summed E-state index contributed by atoms with van der Waals surface area (Å²) in [5, 5.41) is 8.11. The molecule has 0 aliphatic carbocycles. The molecule has 1 radical (unpaired) electrons. The summed E-state index contributed by atoms with van der Waals surface area (Å²) in [6.07, 6.45) is 6.06. The van der Waals surface area contributed by atoms with Crippen LogP contribution in [0, 0.1) is 12.1 Å². The second kappa shape index (κ2) is 8.53. The fourth-order valence-corrected chi connectivity index (χ4v) is 4.01. The van der Waals surface area contributed by atoms with Crippen LogP contribution in [-0.4, -0.2) is 36.8 Å². The Labute approximate surface area is 199 Å². The molecule has 0 aliphatic rings. The van der Waals surface area contributed by atoms with Crippen molar-refractivity contribution < 1.29 is 13.9 Å². The number of imidazole rings is 1. The minimum absolute atomic E-state index is 0.210. The standard InChI is InChI=1S/C26H18FN6O2/c1-34-24-10-17(6-8-23(24)35-14-16-3-2-4-19(27)9-16)25-31-22-13-28-15-29-26(22)33(25)20-7-5-18-12-30-32-21(18)11-20/h2-13H,14H2,1H3,(H,30,32). The molecule has 0 unspecified atom stereocenters. The lowest BCUT2D eigenvalue weighted by Gasteiger charge is -2.13. The molecule has 0 saturated heterocycles. The lowest BCUT2D eigenvalue weighted by Crippen LogP contribution is -2.01. The molecule has 3 aromatic carbocycles. The Kier molecular flexibility index (Phi) is 5.07. The predicted molar refractivity (Wildman–Crippen MR) is 128 cm³/mol. The van der Waals surface area contributed by atoms with Crippen LogP contribution in [-0.2, 0) is 6.61 Å². The summed E-state index contributed by atoms with van der Waals surface area (Å²) in [6, 6.07) is 17.8. The maximum Gasteiger partial charge on any atom is 0.199 e. The van der Waals surface area contributed by atoms with E-state index in [2.05, 4.69) is 26.5 Å². The predicted octanol–water partition coefficient (Wildman–Crippen LogP) is 4.89. The Balaban J connectivity index is 1.42. The molecular formula is C26H18FN6O2. The maximum atomic E-state index is 13.5. The number of nitrogens with one attached hydrogen (secondary N) is 1. The van der Waals surface area contributed by atoms with Gasteiger partial charge in [0.25, 0.3) is 0 Å². The Hall–Kier alpha value is -4.79. The second-order valence-electron chi connectivity index (χ2n) is 7.88. The third-order valence-corrected chi connectivity index (χ3v) is 5.67. The monoisotopic (exact) mass is 465 g/mol. The van der Waals surface area contributed by atoms with E-state index in [0.717, 1.165) is 27.7 Å². The number of hydrogen-bond acceptors (Lipinski definition) is 6. The van der Waals surface area contributed by atoms with Crippen molar-refractivity contribution in [2.75, 3.05) is 7.11 Å². The van der Waals surface area contributed by atoms with Crippen LogP contribution in [0.25, 0.3) is 39.1 Å². The number of ether oxygens (including phenoxy) is 2. The summed E-state index contributed by atoms with van der Waals surface area (Å²) < 4.78 is 27.0. The van der Waals surface area contributed by atoms with Gasteiger partial charge in [-0.05, 0) is 54.1 Å². The van der Waals surface area contributed by atoms with E-state index in [0.29, 0.717) is 28.5 Å². The van der Waals surface area contributed by atoms with E-state index in [-0.39, 0.29) is 12.4 Å². The fourth-order valence-electron chi connectivity index (χ4n) is 4.01. The van der Waals surface area contributed by atoms with Crippen molar-refractivity contribution >= 4 is 22.1 Å². The largest absolute Gasteiger partial charge is 0.493 e. The molecule has 9 heteroatoms. The molecule has 3 aromatic heterocycles. The summed E-state index contributed by atoms with van der Waals surface area (Å²) in [4.78, 5) is 13.1. The van der Waals surface area contributed by atoms with Crippen molar-refractivity contribution in [1.82, 2.24) is 29.7 Å². The first kappa shape index (κ1) is 20.8. The number of halogens is 1. The summed E-state index contributed by atoms with van der Waals surface area (Å²) in [6.45, 7) is 0.210. The lowest BCUT2D eigenvalue weighted by atomic mass is 10.1. The Morgan fingerprint density at radius 3 is 2.86 bits per heavy atom. The van der Waals surface area contributed by atoms with Crippen molar-refractivity contribution in [1.29, 1.82) is 0 Å². The van der Waals surface area contributed by atoms with Crippen LogP contribution in [0.1, 0.15) is 5.56 Å². The summed E-state index contributed by atoms with van der Waals surface area (Å²) >= 11 is 0. The number of fused-ring (bicyclic) bond motifs is 2. The van der Waals surface area contributed by atoms with Gasteiger partial charge < -0.3 is 9.47 Å². The zero-order chi connectivity index (χ0) is 23.8. The maximum absolute atomic E-state index is 13.5. The number of aromatic nitrogens is 6. The van der Waals surface area contributed by atoms with Crippen molar-refractivity contribution in [3.8, 4) is 28.6 Å². The van der Waals surface area contributed by atoms with Crippen molar-refractivity contribution in [3.05, 3.63) is 90.8 Å². The number of H-pyrrole nitrogens is 1. The van der Waals surface area contributed by atoms with E-state index in [9.17, 15) is 4.39 Å². The number of hydrogen-bond donors (Lipinski definition) is 1. The summed E-state index contributed by atoms with van der Waals surface area (Å²) in [5.41, 5.74) is 4.53. The third-order valence-electron chi connectivity index (χ3n) is 5.67. The molecule has 0 saturated carbocycles. The Morgan fingerprint density at radius 1 is 1.03 bits per heavy atom. The average Bonchev–Trinajstić information content (AvgIpc) is 3.51. The summed E-state index contributed by atoms with van der Waals surface area (Å²) in [5.74, 6) is 1.41. The van der Waals surface area contributed by atoms with Gasteiger partial charge in [0.2, 0.25) is 0 Å². The van der Waals surface area contributed by atoms with Gasteiger partial charge in [-0.15, -0.1) is 0 Å². The third kappa shape index (κ3) is 3.82. The highest BCUT2D eigenvalue weighted by molar-refractivity contribution is 5.84. The van der Waals surface area contributed by atoms with Crippen LogP contribution in [0.3, 0.4) is 0 Å². The van der Waals surface area contributed by atoms with Gasteiger partial charge in [0.15, 0.2) is 23.5 Å². The van der Waals surface area contributed by atoms with Crippen molar-refractivity contribution in [3.63, 3.8) is 0 Å². The van der Waals surface area contributed by atoms with Crippen LogP contribution >= 0.6 is 0 Å². The molecule has 35 heavy (non-hydrogen) atoms. The minimum Gasteiger partial charge on any atom is -0.493 e. The highest BCUT2D eigenvalue weighted by Gasteiger charge is 2.18. The molecule has 1 N–H and O–H groups in total. The van der Waals surface area contributed by atoms with Gasteiger partial charge in [-0.2, -0.15) is 5.10 Å². The van der Waals surface area contributed by atoms with Gasteiger partial charge in [-0.25, -0.2) is 19.3 Å². The zero-order valence-electron chi connectivity index (χ0n) is 18.6. The van der Waals surface area contributed by atoms with E-state index >= 15 is 0 Å². The number of benzene rings is 3. The first-order valence-corrected chi connectivity index (χ1v) is 10.8. The molecule has 0 atom stereocenters. The van der Waals surface area contributed by atoms with E-state index in [4.69, 9.17) is 14.5 Å². The SMILES string of the molecule is COc1cc(-c2nc3cn[c]nc3n2-c2ccc3cn[nH]c3c2)ccc1OCc1cccc(F)c1. The van der Waals surface area contributed by atoms with Gasteiger partial charge >= 0.3 is 0 Å². The molecule has 0 fully saturated rings. The number of nitrogens with zero attached hydrogens (tertiary/aromatic N) is 5. The van der Waals surface area contributed by atoms with Gasteiger partial charge in [0.05, 0.1) is 30.7 Å². The number of methoxy groups -OCH3 is 1. The quantitative estimate of drug-likeness (QED) is 0.377. The highest BCUT2D eigenvalue weighted by Crippen LogP contribution is 2.35. The van der Waals surface area contributed by atoms with Gasteiger partial charge in [0.1, 0.15) is 23.8 Å². The molecule has 0 bridgehead atoms. The van der Waals surface area contributed by atoms with Crippen molar-refractivity contribution in [2.24, 2.45) is 0 Å². The molecule has 6 rings (SSSR count). The fraction of sp³-hybridized carbons (Fsp3) is 0.0769. The molecule has 0 spiro atoms. The van der Waals surface area contributed by atoms with E-state index in [1.54, 1.807) is 31.6 Å². The van der Waals surface area contributed by atoms with Crippen LogP contribution in [0.2, 0.25) is 0 Å². The zero-order valence-corrected chi connectivity index (χ0v) is 18.6. The molecule has 0 amide bonds. The first-order chi connectivity index (χ1) is 17.2.